The Morgan fingerprint density at radius 1 is 1.12 bits per heavy atom. The van der Waals surface area contributed by atoms with Crippen LogP contribution in [0.3, 0.4) is 0 Å². The van der Waals surface area contributed by atoms with Crippen LogP contribution in [0.25, 0.3) is 10.2 Å². The summed E-state index contributed by atoms with van der Waals surface area (Å²) in [6.45, 7) is 1.90. The number of aromatic nitrogens is 2. The van der Waals surface area contributed by atoms with Gasteiger partial charge in [0.15, 0.2) is 5.01 Å². The molecular formula is C26H24N2O3S. The second-order valence-electron chi connectivity index (χ2n) is 8.63. The van der Waals surface area contributed by atoms with Gasteiger partial charge in [-0.3, -0.25) is 4.79 Å². The molecule has 5 rings (SSSR count). The van der Waals surface area contributed by atoms with E-state index in [1.165, 1.54) is 11.3 Å². The zero-order chi connectivity index (χ0) is 22.1. The van der Waals surface area contributed by atoms with Crippen molar-refractivity contribution in [2.45, 2.75) is 44.1 Å². The van der Waals surface area contributed by atoms with Gasteiger partial charge in [0.1, 0.15) is 5.75 Å². The average Bonchev–Trinajstić information content (AvgIpc) is 3.23. The zero-order valence-electron chi connectivity index (χ0n) is 17.8. The Kier molecular flexibility index (Phi) is 5.49. The van der Waals surface area contributed by atoms with E-state index in [0.717, 1.165) is 35.0 Å². The number of ketones is 1. The van der Waals surface area contributed by atoms with E-state index >= 15 is 0 Å². The molecule has 2 aromatic carbocycles. The van der Waals surface area contributed by atoms with Crippen LogP contribution in [0.5, 0.6) is 11.6 Å². The smallest absolute Gasteiger partial charge is 0.222 e. The van der Waals surface area contributed by atoms with Crippen molar-refractivity contribution in [2.24, 2.45) is 0 Å². The van der Waals surface area contributed by atoms with Crippen molar-refractivity contribution in [2.75, 3.05) is 0 Å². The number of carbonyl (C=O) groups excluding carboxylic acids is 1. The lowest BCUT2D eigenvalue weighted by atomic mass is 9.76. The van der Waals surface area contributed by atoms with Crippen LogP contribution in [-0.4, -0.2) is 26.5 Å². The molecule has 0 bridgehead atoms. The third-order valence-electron chi connectivity index (χ3n) is 6.01. The van der Waals surface area contributed by atoms with Crippen LogP contribution in [0.2, 0.25) is 0 Å². The van der Waals surface area contributed by atoms with E-state index in [2.05, 4.69) is 9.97 Å². The standard InChI is InChI=1S/C26H24N2O3S/c1-26(30)14-4-6-18(16-26)20-7-5-15-27-24(20)31-19-12-10-17(11-13-19)23(29)25-28-21-8-2-3-9-22(21)32-25/h2-3,5,7-13,15,18,30H,4,6,14,16H2,1H3/t18-,26+/m0/s1. The number of aliphatic hydroxyl groups is 1. The molecule has 1 saturated carbocycles. The fourth-order valence-corrected chi connectivity index (χ4v) is 5.34. The number of carbonyl (C=O) groups is 1. The van der Waals surface area contributed by atoms with Crippen molar-refractivity contribution in [1.82, 2.24) is 9.97 Å². The number of para-hydroxylation sites is 1. The summed E-state index contributed by atoms with van der Waals surface area (Å²) in [5.74, 6) is 1.29. The summed E-state index contributed by atoms with van der Waals surface area (Å²) in [7, 11) is 0. The monoisotopic (exact) mass is 444 g/mol. The van der Waals surface area contributed by atoms with Crippen LogP contribution < -0.4 is 4.74 Å². The first-order chi connectivity index (χ1) is 15.5. The number of hydrogen-bond donors (Lipinski definition) is 1. The van der Waals surface area contributed by atoms with Gasteiger partial charge in [0.05, 0.1) is 15.8 Å². The minimum atomic E-state index is -0.654. The lowest BCUT2D eigenvalue weighted by Crippen LogP contribution is -2.30. The third kappa shape index (κ3) is 4.29. The maximum Gasteiger partial charge on any atom is 0.222 e. The number of fused-ring (bicyclic) bond motifs is 1. The molecule has 2 heterocycles. The molecule has 0 aliphatic heterocycles. The predicted octanol–water partition coefficient (Wildman–Crippen LogP) is 6.12. The molecule has 4 aromatic rings. The summed E-state index contributed by atoms with van der Waals surface area (Å²) < 4.78 is 7.10. The molecule has 0 saturated heterocycles. The van der Waals surface area contributed by atoms with Gasteiger partial charge in [0.25, 0.3) is 0 Å². The first-order valence-corrected chi connectivity index (χ1v) is 11.7. The van der Waals surface area contributed by atoms with E-state index in [0.29, 0.717) is 28.6 Å². The van der Waals surface area contributed by atoms with Crippen LogP contribution in [0.4, 0.5) is 0 Å². The van der Waals surface area contributed by atoms with Crippen LogP contribution >= 0.6 is 11.3 Å². The van der Waals surface area contributed by atoms with Crippen molar-refractivity contribution < 1.29 is 14.6 Å². The molecule has 0 radical (unpaired) electrons. The lowest BCUT2D eigenvalue weighted by Gasteiger charge is -2.34. The van der Waals surface area contributed by atoms with Gasteiger partial charge in [-0.25, -0.2) is 9.97 Å². The maximum absolute atomic E-state index is 12.9. The largest absolute Gasteiger partial charge is 0.439 e. The molecule has 6 heteroatoms. The normalized spacial score (nSPS) is 20.9. The summed E-state index contributed by atoms with van der Waals surface area (Å²) in [5.41, 5.74) is 1.77. The summed E-state index contributed by atoms with van der Waals surface area (Å²) >= 11 is 1.40. The highest BCUT2D eigenvalue weighted by Gasteiger charge is 2.32. The molecule has 5 nitrogen and oxygen atoms in total. The van der Waals surface area contributed by atoms with E-state index in [1.807, 2.05) is 43.3 Å². The summed E-state index contributed by atoms with van der Waals surface area (Å²) in [6.07, 6.45) is 5.22. The Morgan fingerprint density at radius 3 is 2.72 bits per heavy atom. The van der Waals surface area contributed by atoms with E-state index < -0.39 is 5.60 Å². The van der Waals surface area contributed by atoms with Gasteiger partial charge in [0, 0.05) is 17.3 Å². The highest BCUT2D eigenvalue weighted by atomic mass is 32.1. The molecule has 1 aliphatic carbocycles. The molecule has 32 heavy (non-hydrogen) atoms. The van der Waals surface area contributed by atoms with Gasteiger partial charge in [-0.05, 0) is 81.0 Å². The maximum atomic E-state index is 12.9. The second-order valence-corrected chi connectivity index (χ2v) is 9.66. The molecule has 0 unspecified atom stereocenters. The van der Waals surface area contributed by atoms with Gasteiger partial charge in [-0.15, -0.1) is 11.3 Å². The highest BCUT2D eigenvalue weighted by Crippen LogP contribution is 2.41. The van der Waals surface area contributed by atoms with Crippen LogP contribution in [-0.2, 0) is 0 Å². The quantitative estimate of drug-likeness (QED) is 0.375. The van der Waals surface area contributed by atoms with Gasteiger partial charge in [-0.1, -0.05) is 18.2 Å². The lowest BCUT2D eigenvalue weighted by molar-refractivity contribution is 0.0142. The number of rotatable bonds is 5. The minimum Gasteiger partial charge on any atom is -0.439 e. The molecular weight excluding hydrogens is 420 g/mol. The van der Waals surface area contributed by atoms with Gasteiger partial charge in [-0.2, -0.15) is 0 Å². The zero-order valence-corrected chi connectivity index (χ0v) is 18.6. The molecule has 162 valence electrons. The molecule has 1 aliphatic rings. The van der Waals surface area contributed by atoms with Crippen LogP contribution in [0.15, 0.2) is 66.9 Å². The van der Waals surface area contributed by atoms with Crippen molar-refractivity contribution in [1.29, 1.82) is 0 Å². The fraction of sp³-hybridized carbons (Fsp3) is 0.269. The number of hydrogen-bond acceptors (Lipinski definition) is 6. The van der Waals surface area contributed by atoms with Crippen molar-refractivity contribution in [3.63, 3.8) is 0 Å². The molecule has 2 aromatic heterocycles. The Hall–Kier alpha value is -3.09. The van der Waals surface area contributed by atoms with Gasteiger partial charge < -0.3 is 9.84 Å². The number of pyridine rings is 1. The third-order valence-corrected chi connectivity index (χ3v) is 7.05. The summed E-state index contributed by atoms with van der Waals surface area (Å²) in [6, 6.07) is 18.8. The summed E-state index contributed by atoms with van der Waals surface area (Å²) in [4.78, 5) is 21.8. The fourth-order valence-electron chi connectivity index (χ4n) is 4.41. The minimum absolute atomic E-state index is 0.0966. The van der Waals surface area contributed by atoms with Gasteiger partial charge >= 0.3 is 0 Å². The van der Waals surface area contributed by atoms with Crippen LogP contribution in [0, 0.1) is 0 Å². The van der Waals surface area contributed by atoms with E-state index in [9.17, 15) is 9.90 Å². The topological polar surface area (TPSA) is 72.3 Å². The Labute approximate surface area is 190 Å². The van der Waals surface area contributed by atoms with Crippen molar-refractivity contribution in [3.8, 4) is 11.6 Å². The highest BCUT2D eigenvalue weighted by molar-refractivity contribution is 7.20. The molecule has 1 fully saturated rings. The second kappa shape index (κ2) is 8.45. The molecule has 1 N–H and O–H groups in total. The number of ether oxygens (including phenoxy) is 1. The van der Waals surface area contributed by atoms with Crippen molar-refractivity contribution in [3.05, 3.63) is 83.0 Å². The Bertz CT molecular complexity index is 1230. The first-order valence-electron chi connectivity index (χ1n) is 10.8. The SMILES string of the molecule is C[C@@]1(O)CCC[C@H](c2cccnc2Oc2ccc(C(=O)c3nc4ccccc4s3)cc2)C1. The van der Waals surface area contributed by atoms with E-state index in [-0.39, 0.29) is 11.7 Å². The number of benzene rings is 2. The first kappa shape index (κ1) is 20.8. The molecule has 0 spiro atoms. The number of thiazole rings is 1. The molecule has 2 atom stereocenters. The van der Waals surface area contributed by atoms with Crippen LogP contribution in [0.1, 0.15) is 59.5 Å². The van der Waals surface area contributed by atoms with E-state index in [1.54, 1.807) is 30.5 Å². The number of nitrogens with zero attached hydrogens (tertiary/aromatic N) is 2. The summed E-state index contributed by atoms with van der Waals surface area (Å²) in [5, 5.41) is 11.0. The Morgan fingerprint density at radius 2 is 1.94 bits per heavy atom. The van der Waals surface area contributed by atoms with E-state index in [4.69, 9.17) is 4.74 Å². The Balaban J connectivity index is 1.35. The van der Waals surface area contributed by atoms with Gasteiger partial charge in [0.2, 0.25) is 11.7 Å². The van der Waals surface area contributed by atoms with Crippen molar-refractivity contribution >= 4 is 27.3 Å². The molecule has 0 amide bonds. The predicted molar refractivity (Wildman–Crippen MR) is 126 cm³/mol. The average molecular weight is 445 g/mol.